The van der Waals surface area contributed by atoms with Gasteiger partial charge in [-0.15, -0.1) is 0 Å². The monoisotopic (exact) mass is 333 g/mol. The molecule has 0 aromatic carbocycles. The van der Waals surface area contributed by atoms with Crippen molar-refractivity contribution in [1.29, 1.82) is 0 Å². The lowest BCUT2D eigenvalue weighted by molar-refractivity contribution is -0.384. The first-order valence-corrected chi connectivity index (χ1v) is 6.03. The molecule has 0 amide bonds. The number of nitrogens with zero attached hydrogens (tertiary/aromatic N) is 2. The highest BCUT2D eigenvalue weighted by molar-refractivity contribution is 9.10. The molecule has 2 N–H and O–H groups in total. The average molecular weight is 334 g/mol. The van der Waals surface area contributed by atoms with Gasteiger partial charge in [-0.3, -0.25) is 10.1 Å². The highest BCUT2D eigenvalue weighted by Crippen LogP contribution is 2.26. The van der Waals surface area contributed by atoms with E-state index in [0.29, 0.717) is 4.47 Å². The number of aromatic nitrogens is 1. The van der Waals surface area contributed by atoms with Crippen LogP contribution in [0.5, 0.6) is 0 Å². The number of ether oxygens (including phenoxy) is 1. The summed E-state index contributed by atoms with van der Waals surface area (Å²) in [4.78, 5) is 25.1. The van der Waals surface area contributed by atoms with Crippen LogP contribution in [0.4, 0.5) is 11.5 Å². The Morgan fingerprint density at radius 3 is 2.95 bits per heavy atom. The van der Waals surface area contributed by atoms with Gasteiger partial charge in [-0.2, -0.15) is 0 Å². The van der Waals surface area contributed by atoms with Crippen molar-refractivity contribution >= 4 is 33.4 Å². The van der Waals surface area contributed by atoms with Crippen molar-refractivity contribution in [3.63, 3.8) is 0 Å². The van der Waals surface area contributed by atoms with Crippen molar-refractivity contribution in [3.8, 4) is 0 Å². The molecule has 0 bridgehead atoms. The van der Waals surface area contributed by atoms with E-state index in [1.807, 2.05) is 0 Å². The van der Waals surface area contributed by atoms with Gasteiger partial charge in [-0.25, -0.2) is 9.78 Å². The first kappa shape index (κ1) is 15.3. The minimum absolute atomic E-state index is 0.0864. The summed E-state index contributed by atoms with van der Waals surface area (Å²) in [6.07, 6.45) is 1.52. The Bertz CT molecular complexity index is 482. The van der Waals surface area contributed by atoms with Crippen LogP contribution in [-0.2, 0) is 9.53 Å². The molecule has 1 aromatic rings. The smallest absolute Gasteiger partial charge is 0.326 e. The Labute approximate surface area is 117 Å². The van der Waals surface area contributed by atoms with Crippen molar-refractivity contribution in [1.82, 2.24) is 4.98 Å². The SMILES string of the molecule is COCCC(Nc1ncc(Br)cc1[N+](=O)[O-])C(=O)O. The zero-order chi connectivity index (χ0) is 14.4. The van der Waals surface area contributed by atoms with Crippen molar-refractivity contribution in [3.05, 3.63) is 26.9 Å². The predicted octanol–water partition coefficient (Wildman–Crippen LogP) is 1.65. The van der Waals surface area contributed by atoms with E-state index in [9.17, 15) is 14.9 Å². The lowest BCUT2D eigenvalue weighted by Gasteiger charge is -2.14. The highest BCUT2D eigenvalue weighted by Gasteiger charge is 2.23. The lowest BCUT2D eigenvalue weighted by atomic mass is 10.2. The van der Waals surface area contributed by atoms with Crippen LogP contribution >= 0.6 is 15.9 Å². The summed E-state index contributed by atoms with van der Waals surface area (Å²) in [5.41, 5.74) is -0.293. The second-order valence-electron chi connectivity index (χ2n) is 3.60. The molecule has 1 atom stereocenters. The van der Waals surface area contributed by atoms with Gasteiger partial charge in [-0.05, 0) is 15.9 Å². The van der Waals surface area contributed by atoms with Crippen LogP contribution in [0.25, 0.3) is 0 Å². The maximum atomic E-state index is 11.0. The number of hydrogen-bond acceptors (Lipinski definition) is 6. The summed E-state index contributed by atoms with van der Waals surface area (Å²) in [5, 5.41) is 22.4. The molecule has 0 saturated carbocycles. The highest BCUT2D eigenvalue weighted by atomic mass is 79.9. The number of hydrogen-bond donors (Lipinski definition) is 2. The normalized spacial score (nSPS) is 11.9. The summed E-state index contributed by atoms with van der Waals surface area (Å²) >= 11 is 3.07. The molecule has 8 nitrogen and oxygen atoms in total. The molecule has 0 aliphatic heterocycles. The molecule has 1 unspecified atom stereocenters. The summed E-state index contributed by atoms with van der Waals surface area (Å²) < 4.78 is 5.23. The molecular weight excluding hydrogens is 322 g/mol. The van der Waals surface area contributed by atoms with Crippen molar-refractivity contribution in [2.24, 2.45) is 0 Å². The van der Waals surface area contributed by atoms with E-state index in [2.05, 4.69) is 26.2 Å². The minimum atomic E-state index is -1.13. The van der Waals surface area contributed by atoms with Gasteiger partial charge in [-0.1, -0.05) is 0 Å². The molecular formula is C10H12BrN3O5. The van der Waals surface area contributed by atoms with Gasteiger partial charge < -0.3 is 15.2 Å². The Morgan fingerprint density at radius 1 is 1.74 bits per heavy atom. The van der Waals surface area contributed by atoms with Crippen LogP contribution in [0.3, 0.4) is 0 Å². The van der Waals surface area contributed by atoms with Gasteiger partial charge in [0.15, 0.2) is 0 Å². The van der Waals surface area contributed by atoms with E-state index in [1.165, 1.54) is 19.4 Å². The van der Waals surface area contributed by atoms with E-state index in [4.69, 9.17) is 9.84 Å². The zero-order valence-corrected chi connectivity index (χ0v) is 11.6. The van der Waals surface area contributed by atoms with E-state index in [-0.39, 0.29) is 24.5 Å². The largest absolute Gasteiger partial charge is 0.480 e. The molecule has 1 aromatic heterocycles. The summed E-state index contributed by atoms with van der Waals surface area (Å²) in [6, 6.07) is 0.247. The Balaban J connectivity index is 2.95. The fourth-order valence-corrected chi connectivity index (χ4v) is 1.66. The van der Waals surface area contributed by atoms with E-state index < -0.39 is 16.9 Å². The molecule has 0 radical (unpaired) electrons. The zero-order valence-electron chi connectivity index (χ0n) is 10.00. The van der Waals surface area contributed by atoms with Crippen LogP contribution in [0.1, 0.15) is 6.42 Å². The summed E-state index contributed by atoms with van der Waals surface area (Å²) in [5.74, 6) is -1.22. The number of aliphatic carboxylic acids is 1. The van der Waals surface area contributed by atoms with Gasteiger partial charge in [0.1, 0.15) is 6.04 Å². The van der Waals surface area contributed by atoms with Crippen LogP contribution in [0, 0.1) is 10.1 Å². The summed E-state index contributed by atoms with van der Waals surface area (Å²) in [6.45, 7) is 0.217. The third-order valence-electron chi connectivity index (χ3n) is 2.25. The van der Waals surface area contributed by atoms with E-state index >= 15 is 0 Å². The predicted molar refractivity (Wildman–Crippen MR) is 70.1 cm³/mol. The molecule has 1 rings (SSSR count). The Morgan fingerprint density at radius 2 is 2.42 bits per heavy atom. The molecule has 0 aliphatic carbocycles. The number of carboxylic acid groups (broad SMARTS) is 1. The third-order valence-corrected chi connectivity index (χ3v) is 2.68. The number of halogens is 1. The topological polar surface area (TPSA) is 115 Å². The van der Waals surface area contributed by atoms with Crippen LogP contribution < -0.4 is 5.32 Å². The molecule has 19 heavy (non-hydrogen) atoms. The number of rotatable bonds is 7. The van der Waals surface area contributed by atoms with Gasteiger partial charge in [0.25, 0.3) is 0 Å². The van der Waals surface area contributed by atoms with Crippen molar-refractivity contribution < 1.29 is 19.6 Å². The van der Waals surface area contributed by atoms with Crippen LogP contribution in [-0.4, -0.2) is 40.7 Å². The van der Waals surface area contributed by atoms with Gasteiger partial charge in [0.05, 0.1) is 4.92 Å². The number of nitrogens with one attached hydrogen (secondary N) is 1. The number of anilines is 1. The molecule has 0 saturated heterocycles. The average Bonchev–Trinajstić information content (AvgIpc) is 2.35. The molecule has 104 valence electrons. The maximum absolute atomic E-state index is 11.0. The number of methoxy groups -OCH3 is 1. The fraction of sp³-hybridized carbons (Fsp3) is 0.400. The first-order valence-electron chi connectivity index (χ1n) is 5.24. The molecule has 0 spiro atoms. The van der Waals surface area contributed by atoms with Gasteiger partial charge in [0.2, 0.25) is 5.82 Å². The van der Waals surface area contributed by atoms with Crippen LogP contribution in [0.2, 0.25) is 0 Å². The maximum Gasteiger partial charge on any atom is 0.326 e. The van der Waals surface area contributed by atoms with Crippen molar-refractivity contribution in [2.45, 2.75) is 12.5 Å². The quantitative estimate of drug-likeness (QED) is 0.575. The first-order chi connectivity index (χ1) is 8.95. The third kappa shape index (κ3) is 4.45. The second kappa shape index (κ2) is 7.00. The second-order valence-corrected chi connectivity index (χ2v) is 4.51. The number of nitro groups is 1. The molecule has 0 aliphatic rings. The number of carbonyl (C=O) groups is 1. The minimum Gasteiger partial charge on any atom is -0.480 e. The molecule has 9 heteroatoms. The fourth-order valence-electron chi connectivity index (χ4n) is 1.34. The Hall–Kier alpha value is -1.74. The lowest BCUT2D eigenvalue weighted by Crippen LogP contribution is -2.31. The number of pyridine rings is 1. The van der Waals surface area contributed by atoms with Crippen molar-refractivity contribution in [2.75, 3.05) is 19.0 Å². The molecule has 0 fully saturated rings. The van der Waals surface area contributed by atoms with E-state index in [0.717, 1.165) is 0 Å². The van der Waals surface area contributed by atoms with E-state index in [1.54, 1.807) is 0 Å². The number of carboxylic acids is 1. The standard InChI is InChI=1S/C10H12BrN3O5/c1-19-3-2-7(10(15)16)13-9-8(14(17)18)4-6(11)5-12-9/h4-5,7H,2-3H2,1H3,(H,12,13)(H,15,16). The molecule has 1 heterocycles. The van der Waals surface area contributed by atoms with Gasteiger partial charge in [0, 0.05) is 36.9 Å². The van der Waals surface area contributed by atoms with Gasteiger partial charge >= 0.3 is 11.7 Å². The Kier molecular flexibility index (Phi) is 5.64. The van der Waals surface area contributed by atoms with Crippen LogP contribution in [0.15, 0.2) is 16.7 Å². The summed E-state index contributed by atoms with van der Waals surface area (Å²) in [7, 11) is 1.44.